The maximum atomic E-state index is 12.3. The summed E-state index contributed by atoms with van der Waals surface area (Å²) < 4.78 is 5.06. The minimum Gasteiger partial charge on any atom is -0.427 e. The summed E-state index contributed by atoms with van der Waals surface area (Å²) in [5.74, 6) is -0.506. The average Bonchev–Trinajstić information content (AvgIpc) is 2.56. The fourth-order valence-electron chi connectivity index (χ4n) is 1.96. The van der Waals surface area contributed by atoms with Crippen LogP contribution in [0, 0.1) is 0 Å². The number of rotatable bonds is 5. The van der Waals surface area contributed by atoms with Crippen LogP contribution in [0.1, 0.15) is 30.6 Å². The Morgan fingerprint density at radius 3 is 2.04 bits per heavy atom. The van der Waals surface area contributed by atoms with E-state index in [1.54, 1.807) is 55.5 Å². The zero-order chi connectivity index (χ0) is 17.5. The summed E-state index contributed by atoms with van der Waals surface area (Å²) in [4.78, 5) is 34.7. The first kappa shape index (κ1) is 17.2. The number of amides is 2. The quantitative estimate of drug-likeness (QED) is 0.653. The summed E-state index contributed by atoms with van der Waals surface area (Å²) in [6.45, 7) is 3.10. The van der Waals surface area contributed by atoms with Crippen LogP contribution >= 0.6 is 0 Å². The van der Waals surface area contributed by atoms with Crippen molar-refractivity contribution in [1.29, 1.82) is 0 Å². The number of carbonyl (C=O) groups is 3. The summed E-state index contributed by atoms with van der Waals surface area (Å²) in [5, 5.41) is 5.40. The molecule has 0 spiro atoms. The van der Waals surface area contributed by atoms with Crippen molar-refractivity contribution in [3.63, 3.8) is 0 Å². The molecule has 24 heavy (non-hydrogen) atoms. The number of carbonyl (C=O) groups excluding carboxylic acids is 3. The van der Waals surface area contributed by atoms with Crippen LogP contribution < -0.4 is 15.4 Å². The molecular weight excluding hydrogens is 308 g/mol. The van der Waals surface area contributed by atoms with Gasteiger partial charge in [-0.25, -0.2) is 0 Å². The van der Waals surface area contributed by atoms with Crippen LogP contribution in [0.5, 0.6) is 5.75 Å². The van der Waals surface area contributed by atoms with Gasteiger partial charge in [-0.05, 0) is 36.4 Å². The molecule has 0 aliphatic heterocycles. The predicted molar refractivity (Wildman–Crippen MR) is 91.1 cm³/mol. The number of hydrogen-bond acceptors (Lipinski definition) is 4. The molecular formula is C18H18N2O4. The van der Waals surface area contributed by atoms with Gasteiger partial charge in [-0.2, -0.15) is 0 Å². The smallest absolute Gasteiger partial charge is 0.310 e. The molecule has 2 aromatic rings. The Bertz CT molecular complexity index is 754. The molecule has 0 aromatic heterocycles. The zero-order valence-electron chi connectivity index (χ0n) is 13.5. The molecule has 0 radical (unpaired) electrons. The zero-order valence-corrected chi connectivity index (χ0v) is 13.5. The van der Waals surface area contributed by atoms with E-state index in [4.69, 9.17) is 4.74 Å². The number of esters is 1. The lowest BCUT2D eigenvalue weighted by atomic mass is 10.2. The van der Waals surface area contributed by atoms with E-state index < -0.39 is 0 Å². The molecule has 0 saturated heterocycles. The van der Waals surface area contributed by atoms with Crippen molar-refractivity contribution in [3.8, 4) is 5.75 Å². The molecule has 124 valence electrons. The maximum Gasteiger partial charge on any atom is 0.310 e. The summed E-state index contributed by atoms with van der Waals surface area (Å²) in [6.07, 6.45) is 0.280. The summed E-state index contributed by atoms with van der Waals surface area (Å²) in [7, 11) is 0. The molecule has 0 aliphatic carbocycles. The standard InChI is InChI=1S/C18H18N2O4/c1-3-17(22)24-14-10-8-13(9-11-14)18(23)20-16-7-5-4-6-15(16)19-12(2)21/h4-11H,3H2,1-2H3,(H,19,21)(H,20,23). The highest BCUT2D eigenvalue weighted by molar-refractivity contribution is 6.07. The van der Waals surface area contributed by atoms with Gasteiger partial charge in [0.2, 0.25) is 5.91 Å². The van der Waals surface area contributed by atoms with E-state index in [1.165, 1.54) is 6.92 Å². The Kier molecular flexibility index (Phi) is 5.68. The Morgan fingerprint density at radius 1 is 0.917 bits per heavy atom. The van der Waals surface area contributed by atoms with Crippen LogP contribution in [0.3, 0.4) is 0 Å². The highest BCUT2D eigenvalue weighted by Crippen LogP contribution is 2.22. The fraction of sp³-hybridized carbons (Fsp3) is 0.167. The molecule has 6 nitrogen and oxygen atoms in total. The third-order valence-electron chi connectivity index (χ3n) is 3.12. The second kappa shape index (κ2) is 7.92. The number of para-hydroxylation sites is 2. The molecule has 0 fully saturated rings. The van der Waals surface area contributed by atoms with E-state index in [9.17, 15) is 14.4 Å². The molecule has 0 aliphatic rings. The van der Waals surface area contributed by atoms with Gasteiger partial charge in [0.25, 0.3) is 5.91 Å². The lowest BCUT2D eigenvalue weighted by molar-refractivity contribution is -0.134. The molecule has 2 amide bonds. The lowest BCUT2D eigenvalue weighted by Crippen LogP contribution is -2.15. The third-order valence-corrected chi connectivity index (χ3v) is 3.12. The third kappa shape index (κ3) is 4.67. The van der Waals surface area contributed by atoms with Crippen molar-refractivity contribution in [2.75, 3.05) is 10.6 Å². The first-order chi connectivity index (χ1) is 11.5. The van der Waals surface area contributed by atoms with E-state index in [1.807, 2.05) is 0 Å². The van der Waals surface area contributed by atoms with Gasteiger partial charge >= 0.3 is 5.97 Å². The van der Waals surface area contributed by atoms with Gasteiger partial charge in [0, 0.05) is 18.9 Å². The average molecular weight is 326 g/mol. The Morgan fingerprint density at radius 2 is 1.50 bits per heavy atom. The molecule has 0 heterocycles. The Balaban J connectivity index is 2.10. The summed E-state index contributed by atoms with van der Waals surface area (Å²) in [6, 6.07) is 13.2. The minimum atomic E-state index is -0.337. The van der Waals surface area contributed by atoms with Gasteiger partial charge < -0.3 is 15.4 Å². The number of anilines is 2. The monoisotopic (exact) mass is 326 g/mol. The van der Waals surface area contributed by atoms with Crippen LogP contribution in [0.25, 0.3) is 0 Å². The fourth-order valence-corrected chi connectivity index (χ4v) is 1.96. The van der Waals surface area contributed by atoms with Crippen molar-refractivity contribution in [3.05, 3.63) is 54.1 Å². The minimum absolute atomic E-state index is 0.223. The van der Waals surface area contributed by atoms with E-state index in [0.29, 0.717) is 22.7 Å². The maximum absolute atomic E-state index is 12.3. The second-order valence-corrected chi connectivity index (χ2v) is 5.03. The number of ether oxygens (including phenoxy) is 1. The van der Waals surface area contributed by atoms with E-state index >= 15 is 0 Å². The van der Waals surface area contributed by atoms with Crippen LogP contribution in [-0.2, 0) is 9.59 Å². The molecule has 0 unspecified atom stereocenters. The van der Waals surface area contributed by atoms with Crippen LogP contribution in [-0.4, -0.2) is 17.8 Å². The first-order valence-electron chi connectivity index (χ1n) is 7.48. The molecule has 0 saturated carbocycles. The van der Waals surface area contributed by atoms with Crippen molar-refractivity contribution < 1.29 is 19.1 Å². The van der Waals surface area contributed by atoms with Gasteiger partial charge in [0.1, 0.15) is 5.75 Å². The lowest BCUT2D eigenvalue weighted by Gasteiger charge is -2.11. The summed E-state index contributed by atoms with van der Waals surface area (Å²) >= 11 is 0. The van der Waals surface area contributed by atoms with Gasteiger partial charge in [0.05, 0.1) is 11.4 Å². The van der Waals surface area contributed by atoms with Crippen molar-refractivity contribution in [1.82, 2.24) is 0 Å². The van der Waals surface area contributed by atoms with Gasteiger partial charge in [-0.3, -0.25) is 14.4 Å². The van der Waals surface area contributed by atoms with Crippen molar-refractivity contribution >= 4 is 29.2 Å². The molecule has 6 heteroatoms. The van der Waals surface area contributed by atoms with E-state index in [2.05, 4.69) is 10.6 Å². The SMILES string of the molecule is CCC(=O)Oc1ccc(C(=O)Nc2ccccc2NC(C)=O)cc1. The normalized spacial score (nSPS) is 9.92. The first-order valence-corrected chi connectivity index (χ1v) is 7.48. The molecule has 0 bridgehead atoms. The van der Waals surface area contributed by atoms with Crippen LogP contribution in [0.4, 0.5) is 11.4 Å². The van der Waals surface area contributed by atoms with E-state index in [0.717, 1.165) is 0 Å². The summed E-state index contributed by atoms with van der Waals surface area (Å²) in [5.41, 5.74) is 1.43. The van der Waals surface area contributed by atoms with Crippen molar-refractivity contribution in [2.45, 2.75) is 20.3 Å². The van der Waals surface area contributed by atoms with Crippen LogP contribution in [0.15, 0.2) is 48.5 Å². The molecule has 0 atom stereocenters. The highest BCUT2D eigenvalue weighted by Gasteiger charge is 2.10. The predicted octanol–water partition coefficient (Wildman–Crippen LogP) is 3.21. The van der Waals surface area contributed by atoms with Gasteiger partial charge in [-0.1, -0.05) is 19.1 Å². The second-order valence-electron chi connectivity index (χ2n) is 5.03. The van der Waals surface area contributed by atoms with E-state index in [-0.39, 0.29) is 24.2 Å². The van der Waals surface area contributed by atoms with Crippen molar-refractivity contribution in [2.24, 2.45) is 0 Å². The highest BCUT2D eigenvalue weighted by atomic mass is 16.5. The van der Waals surface area contributed by atoms with Gasteiger partial charge in [0.15, 0.2) is 0 Å². The number of nitrogens with one attached hydrogen (secondary N) is 2. The van der Waals surface area contributed by atoms with Crippen LogP contribution in [0.2, 0.25) is 0 Å². The largest absolute Gasteiger partial charge is 0.427 e. The Labute approximate surface area is 139 Å². The molecule has 2 aromatic carbocycles. The Hall–Kier alpha value is -3.15. The van der Waals surface area contributed by atoms with Gasteiger partial charge in [-0.15, -0.1) is 0 Å². The molecule has 2 rings (SSSR count). The number of benzene rings is 2. The number of hydrogen-bond donors (Lipinski definition) is 2. The topological polar surface area (TPSA) is 84.5 Å². The molecule has 2 N–H and O–H groups in total.